The highest BCUT2D eigenvalue weighted by atomic mass is 32.1. The maximum Gasteiger partial charge on any atom is 0.321 e. The Bertz CT molecular complexity index is 588. The quantitative estimate of drug-likeness (QED) is 0.842. The van der Waals surface area contributed by atoms with E-state index in [1.54, 1.807) is 0 Å². The first-order chi connectivity index (χ1) is 12.8. The van der Waals surface area contributed by atoms with Crippen molar-refractivity contribution in [1.82, 2.24) is 20.4 Å². The predicted octanol–water partition coefficient (Wildman–Crippen LogP) is 3.06. The van der Waals surface area contributed by atoms with Gasteiger partial charge in [-0.05, 0) is 25.7 Å². The van der Waals surface area contributed by atoms with Gasteiger partial charge < -0.3 is 10.2 Å². The molecular formula is C18H30N6OS. The van der Waals surface area contributed by atoms with Crippen LogP contribution in [-0.4, -0.2) is 59.4 Å². The topological polar surface area (TPSA) is 73.4 Å². The normalized spacial score (nSPS) is 23.3. The molecule has 3 fully saturated rings. The van der Waals surface area contributed by atoms with Crippen LogP contribution >= 0.6 is 11.3 Å². The van der Waals surface area contributed by atoms with Gasteiger partial charge in [-0.1, -0.05) is 43.4 Å². The van der Waals surface area contributed by atoms with Crippen LogP contribution in [0.3, 0.4) is 0 Å². The SMILES string of the molecule is O=C(Nc1nnc(N2CCN(C3CCCCC3)CC2)s1)NC1CCCC1. The molecule has 0 spiro atoms. The summed E-state index contributed by atoms with van der Waals surface area (Å²) in [6.45, 7) is 4.21. The fourth-order valence-electron chi connectivity index (χ4n) is 4.51. The molecule has 2 heterocycles. The molecule has 7 nitrogen and oxygen atoms in total. The fraction of sp³-hybridized carbons (Fsp3) is 0.833. The Hall–Kier alpha value is -1.41. The van der Waals surface area contributed by atoms with E-state index in [2.05, 4.69) is 30.6 Å². The van der Waals surface area contributed by atoms with Crippen molar-refractivity contribution in [2.45, 2.75) is 69.9 Å². The standard InChI is InChI=1S/C18H30N6OS/c25-16(19-14-6-4-5-7-14)20-17-21-22-18(26-17)24-12-10-23(11-13-24)15-8-2-1-3-9-15/h14-15H,1-13H2,(H2,19,20,21,25). The number of carbonyl (C=O) groups excluding carboxylic acids is 1. The van der Waals surface area contributed by atoms with E-state index < -0.39 is 0 Å². The minimum Gasteiger partial charge on any atom is -0.344 e. The number of hydrogen-bond acceptors (Lipinski definition) is 6. The van der Waals surface area contributed by atoms with Crippen molar-refractivity contribution >= 4 is 27.6 Å². The van der Waals surface area contributed by atoms with Gasteiger partial charge in [0.25, 0.3) is 0 Å². The van der Waals surface area contributed by atoms with Crippen LogP contribution < -0.4 is 15.5 Å². The molecule has 1 aromatic heterocycles. The third-order valence-electron chi connectivity index (χ3n) is 6.00. The number of hydrogen-bond donors (Lipinski definition) is 2. The van der Waals surface area contributed by atoms with E-state index in [1.165, 1.54) is 56.3 Å². The van der Waals surface area contributed by atoms with Gasteiger partial charge in [0.2, 0.25) is 10.3 Å². The lowest BCUT2D eigenvalue weighted by Crippen LogP contribution is -2.50. The van der Waals surface area contributed by atoms with E-state index in [4.69, 9.17) is 0 Å². The summed E-state index contributed by atoms with van der Waals surface area (Å²) in [6.07, 6.45) is 11.5. The molecule has 0 unspecified atom stereocenters. The maximum atomic E-state index is 12.1. The third-order valence-corrected chi connectivity index (χ3v) is 6.90. The van der Waals surface area contributed by atoms with Crippen LogP contribution in [0.2, 0.25) is 0 Å². The second kappa shape index (κ2) is 8.52. The molecule has 2 amide bonds. The molecule has 8 heteroatoms. The van der Waals surface area contributed by atoms with E-state index in [9.17, 15) is 4.79 Å². The van der Waals surface area contributed by atoms with Crippen molar-refractivity contribution < 1.29 is 4.79 Å². The zero-order valence-corrected chi connectivity index (χ0v) is 16.3. The molecule has 4 rings (SSSR count). The van der Waals surface area contributed by atoms with E-state index in [0.717, 1.165) is 50.2 Å². The largest absolute Gasteiger partial charge is 0.344 e. The fourth-order valence-corrected chi connectivity index (χ4v) is 5.30. The molecule has 1 aromatic rings. The molecule has 1 saturated heterocycles. The molecule has 0 atom stereocenters. The summed E-state index contributed by atoms with van der Waals surface area (Å²) in [6, 6.07) is 0.953. The molecule has 2 saturated carbocycles. The first-order valence-corrected chi connectivity index (χ1v) is 11.0. The Kier molecular flexibility index (Phi) is 5.89. The number of amides is 2. The van der Waals surface area contributed by atoms with Gasteiger partial charge in [0.05, 0.1) is 0 Å². The van der Waals surface area contributed by atoms with Gasteiger partial charge in [-0.15, -0.1) is 10.2 Å². The van der Waals surface area contributed by atoms with Crippen LogP contribution in [-0.2, 0) is 0 Å². The van der Waals surface area contributed by atoms with Gasteiger partial charge in [-0.2, -0.15) is 0 Å². The van der Waals surface area contributed by atoms with Crippen LogP contribution in [0.25, 0.3) is 0 Å². The molecule has 144 valence electrons. The summed E-state index contributed by atoms with van der Waals surface area (Å²) in [4.78, 5) is 17.0. The minimum atomic E-state index is -0.151. The van der Waals surface area contributed by atoms with Crippen molar-refractivity contribution in [3.8, 4) is 0 Å². The highest BCUT2D eigenvalue weighted by molar-refractivity contribution is 7.19. The average Bonchev–Trinajstić information content (AvgIpc) is 3.35. The summed E-state index contributed by atoms with van der Waals surface area (Å²) in [5, 5.41) is 15.8. The first-order valence-electron chi connectivity index (χ1n) is 10.2. The molecule has 2 N–H and O–H groups in total. The summed E-state index contributed by atoms with van der Waals surface area (Å²) in [5.41, 5.74) is 0. The Balaban J connectivity index is 1.25. The van der Waals surface area contributed by atoms with Crippen molar-refractivity contribution in [3.63, 3.8) is 0 Å². The van der Waals surface area contributed by atoms with Crippen molar-refractivity contribution in [2.24, 2.45) is 0 Å². The van der Waals surface area contributed by atoms with E-state index in [1.807, 2.05) is 0 Å². The maximum absolute atomic E-state index is 12.1. The Morgan fingerprint density at radius 3 is 2.35 bits per heavy atom. The lowest BCUT2D eigenvalue weighted by Gasteiger charge is -2.40. The Morgan fingerprint density at radius 2 is 1.62 bits per heavy atom. The lowest BCUT2D eigenvalue weighted by molar-refractivity contribution is 0.148. The molecule has 0 radical (unpaired) electrons. The summed E-state index contributed by atoms with van der Waals surface area (Å²) >= 11 is 1.48. The number of aromatic nitrogens is 2. The van der Waals surface area contributed by atoms with E-state index in [-0.39, 0.29) is 6.03 Å². The van der Waals surface area contributed by atoms with E-state index in [0.29, 0.717) is 11.2 Å². The number of piperazine rings is 1. The van der Waals surface area contributed by atoms with Crippen molar-refractivity contribution in [3.05, 3.63) is 0 Å². The van der Waals surface area contributed by atoms with Crippen LogP contribution in [0.5, 0.6) is 0 Å². The zero-order chi connectivity index (χ0) is 17.8. The second-order valence-corrected chi connectivity index (χ2v) is 8.74. The van der Waals surface area contributed by atoms with Crippen molar-refractivity contribution in [2.75, 3.05) is 36.4 Å². The minimum absolute atomic E-state index is 0.151. The van der Waals surface area contributed by atoms with Gasteiger partial charge in [0, 0.05) is 38.3 Å². The lowest BCUT2D eigenvalue weighted by atomic mass is 9.94. The van der Waals surface area contributed by atoms with Gasteiger partial charge >= 0.3 is 6.03 Å². The number of nitrogens with zero attached hydrogens (tertiary/aromatic N) is 4. The zero-order valence-electron chi connectivity index (χ0n) is 15.5. The highest BCUT2D eigenvalue weighted by Crippen LogP contribution is 2.28. The van der Waals surface area contributed by atoms with Gasteiger partial charge in [-0.25, -0.2) is 4.79 Å². The van der Waals surface area contributed by atoms with Gasteiger partial charge in [0.15, 0.2) is 0 Å². The number of anilines is 2. The van der Waals surface area contributed by atoms with Gasteiger partial charge in [-0.3, -0.25) is 10.2 Å². The number of urea groups is 1. The van der Waals surface area contributed by atoms with Crippen LogP contribution in [0.4, 0.5) is 15.1 Å². The number of carbonyl (C=O) groups is 1. The second-order valence-electron chi connectivity index (χ2n) is 7.78. The van der Waals surface area contributed by atoms with E-state index >= 15 is 0 Å². The molecule has 0 bridgehead atoms. The third kappa shape index (κ3) is 4.46. The molecule has 1 aliphatic heterocycles. The smallest absolute Gasteiger partial charge is 0.321 e. The molecular weight excluding hydrogens is 348 g/mol. The summed E-state index contributed by atoms with van der Waals surface area (Å²) < 4.78 is 0. The number of nitrogens with one attached hydrogen (secondary N) is 2. The highest BCUT2D eigenvalue weighted by Gasteiger charge is 2.26. The Labute approximate surface area is 159 Å². The monoisotopic (exact) mass is 378 g/mol. The molecule has 0 aromatic carbocycles. The molecule has 2 aliphatic carbocycles. The predicted molar refractivity (Wildman–Crippen MR) is 105 cm³/mol. The average molecular weight is 379 g/mol. The number of rotatable bonds is 4. The van der Waals surface area contributed by atoms with Crippen LogP contribution in [0.1, 0.15) is 57.8 Å². The summed E-state index contributed by atoms with van der Waals surface area (Å²) in [5.74, 6) is 0. The first kappa shape index (κ1) is 18.0. The summed E-state index contributed by atoms with van der Waals surface area (Å²) in [7, 11) is 0. The van der Waals surface area contributed by atoms with Gasteiger partial charge in [0.1, 0.15) is 0 Å². The Morgan fingerprint density at radius 1 is 0.923 bits per heavy atom. The van der Waals surface area contributed by atoms with Crippen LogP contribution in [0.15, 0.2) is 0 Å². The van der Waals surface area contributed by atoms with Crippen molar-refractivity contribution in [1.29, 1.82) is 0 Å². The molecule has 26 heavy (non-hydrogen) atoms. The van der Waals surface area contributed by atoms with Crippen LogP contribution in [0, 0.1) is 0 Å². The molecule has 3 aliphatic rings.